The van der Waals surface area contributed by atoms with Crippen molar-refractivity contribution in [2.75, 3.05) is 25.4 Å². The number of nitrogens with one attached hydrogen (secondary N) is 1. The highest BCUT2D eigenvalue weighted by Gasteiger charge is 2.14. The van der Waals surface area contributed by atoms with Crippen molar-refractivity contribution in [2.24, 2.45) is 5.92 Å². The molecule has 1 heterocycles. The van der Waals surface area contributed by atoms with Crippen LogP contribution in [0.2, 0.25) is 0 Å². The highest BCUT2D eigenvalue weighted by molar-refractivity contribution is 7.99. The molecule has 1 atom stereocenters. The first kappa shape index (κ1) is 15.2. The molecule has 1 aliphatic rings. The number of hydrogen-bond acceptors (Lipinski definition) is 4. The van der Waals surface area contributed by atoms with Crippen molar-refractivity contribution in [1.29, 1.82) is 5.26 Å². The van der Waals surface area contributed by atoms with E-state index in [0.717, 1.165) is 35.9 Å². The first-order chi connectivity index (χ1) is 9.85. The molecule has 1 aromatic rings. The van der Waals surface area contributed by atoms with Crippen molar-refractivity contribution in [3.05, 3.63) is 23.8 Å². The lowest BCUT2D eigenvalue weighted by atomic mass is 9.97. The lowest BCUT2D eigenvalue weighted by Gasteiger charge is -2.22. The summed E-state index contributed by atoms with van der Waals surface area (Å²) in [6, 6.07) is 8.14. The maximum atomic E-state index is 9.32. The number of benzene rings is 1. The molecule has 1 saturated heterocycles. The number of rotatable bonds is 6. The summed E-state index contributed by atoms with van der Waals surface area (Å²) >= 11 is 1.69. The summed E-state index contributed by atoms with van der Waals surface area (Å²) in [4.78, 5) is 1.02. The Morgan fingerprint density at radius 3 is 3.10 bits per heavy atom. The number of ether oxygens (including phenoxy) is 1. The second-order valence-corrected chi connectivity index (χ2v) is 6.33. The lowest BCUT2D eigenvalue weighted by molar-refractivity contribution is 0.253. The van der Waals surface area contributed by atoms with Crippen LogP contribution in [0.1, 0.15) is 31.7 Å². The summed E-state index contributed by atoms with van der Waals surface area (Å²) in [7, 11) is 0. The number of piperidine rings is 1. The second kappa shape index (κ2) is 8.18. The summed E-state index contributed by atoms with van der Waals surface area (Å²) in [5.74, 6) is 2.41. The quantitative estimate of drug-likeness (QED) is 0.815. The van der Waals surface area contributed by atoms with E-state index in [-0.39, 0.29) is 0 Å². The Kier molecular flexibility index (Phi) is 6.23. The van der Waals surface area contributed by atoms with Crippen LogP contribution in [0.25, 0.3) is 0 Å². The maximum absolute atomic E-state index is 9.32. The fraction of sp³-hybridized carbons (Fsp3) is 0.562. The largest absolute Gasteiger partial charge is 0.492 e. The molecule has 0 spiro atoms. The van der Waals surface area contributed by atoms with Crippen molar-refractivity contribution in [2.45, 2.75) is 31.1 Å². The topological polar surface area (TPSA) is 45.0 Å². The Hall–Kier alpha value is -1.18. The summed E-state index contributed by atoms with van der Waals surface area (Å²) in [6.45, 7) is 5.03. The van der Waals surface area contributed by atoms with Gasteiger partial charge < -0.3 is 10.1 Å². The van der Waals surface area contributed by atoms with E-state index in [1.165, 1.54) is 12.8 Å². The number of thioether (sulfide) groups is 1. The highest BCUT2D eigenvalue weighted by Crippen LogP contribution is 2.29. The molecule has 1 aromatic carbocycles. The zero-order valence-corrected chi connectivity index (χ0v) is 12.8. The molecule has 1 unspecified atom stereocenters. The van der Waals surface area contributed by atoms with E-state index in [4.69, 9.17) is 4.74 Å². The molecule has 0 aromatic heterocycles. The third-order valence-corrected chi connectivity index (χ3v) is 4.52. The number of nitrogens with zero attached hydrogens (tertiary/aromatic N) is 1. The van der Waals surface area contributed by atoms with Crippen LogP contribution in [-0.2, 0) is 0 Å². The predicted molar refractivity (Wildman–Crippen MR) is 83.3 cm³/mol. The van der Waals surface area contributed by atoms with Gasteiger partial charge in [-0.1, -0.05) is 13.0 Å². The van der Waals surface area contributed by atoms with Gasteiger partial charge in [-0.2, -0.15) is 5.26 Å². The Morgan fingerprint density at radius 1 is 1.50 bits per heavy atom. The van der Waals surface area contributed by atoms with Gasteiger partial charge in [-0.3, -0.25) is 0 Å². The standard InChI is InChI=1S/C16H22N2OS/c1-2-20-16-7-3-6-15(14(16)11-17)19-10-8-13-5-4-9-18-12-13/h3,6-7,13,18H,2,4-5,8-10,12H2,1H3. The average Bonchev–Trinajstić information content (AvgIpc) is 2.49. The number of hydrogen-bond donors (Lipinski definition) is 1. The molecule has 3 nitrogen and oxygen atoms in total. The van der Waals surface area contributed by atoms with Crippen LogP contribution in [0, 0.1) is 17.2 Å². The molecular weight excluding hydrogens is 268 g/mol. The molecule has 20 heavy (non-hydrogen) atoms. The molecule has 0 amide bonds. The Labute approximate surface area is 125 Å². The smallest absolute Gasteiger partial charge is 0.138 e. The van der Waals surface area contributed by atoms with Crippen LogP contribution in [-0.4, -0.2) is 25.4 Å². The molecule has 0 radical (unpaired) electrons. The Bertz CT molecular complexity index is 464. The molecule has 1 fully saturated rings. The van der Waals surface area contributed by atoms with E-state index < -0.39 is 0 Å². The van der Waals surface area contributed by atoms with E-state index in [1.54, 1.807) is 11.8 Å². The van der Waals surface area contributed by atoms with E-state index >= 15 is 0 Å². The van der Waals surface area contributed by atoms with Crippen LogP contribution in [0.15, 0.2) is 23.1 Å². The van der Waals surface area contributed by atoms with E-state index in [0.29, 0.717) is 18.1 Å². The summed E-state index contributed by atoms with van der Waals surface area (Å²) in [5.41, 5.74) is 0.682. The SMILES string of the molecule is CCSc1cccc(OCCC2CCCNC2)c1C#N. The van der Waals surface area contributed by atoms with Crippen LogP contribution < -0.4 is 10.1 Å². The molecule has 1 aliphatic heterocycles. The molecule has 2 rings (SSSR count). The molecule has 108 valence electrons. The van der Waals surface area contributed by atoms with Crippen molar-refractivity contribution in [1.82, 2.24) is 5.32 Å². The zero-order chi connectivity index (χ0) is 14.2. The maximum Gasteiger partial charge on any atom is 0.138 e. The van der Waals surface area contributed by atoms with Crippen LogP contribution >= 0.6 is 11.8 Å². The van der Waals surface area contributed by atoms with Gasteiger partial charge in [0.05, 0.1) is 6.61 Å². The van der Waals surface area contributed by atoms with Crippen LogP contribution in [0.5, 0.6) is 5.75 Å². The van der Waals surface area contributed by atoms with Crippen molar-refractivity contribution < 1.29 is 4.74 Å². The summed E-state index contributed by atoms with van der Waals surface area (Å²) < 4.78 is 5.85. The third kappa shape index (κ3) is 4.16. The van der Waals surface area contributed by atoms with Gasteiger partial charge in [0, 0.05) is 4.90 Å². The second-order valence-electron chi connectivity index (χ2n) is 5.02. The van der Waals surface area contributed by atoms with Gasteiger partial charge in [0.15, 0.2) is 0 Å². The fourth-order valence-corrected chi connectivity index (χ4v) is 3.30. The van der Waals surface area contributed by atoms with Gasteiger partial charge in [-0.05, 0) is 56.2 Å². The van der Waals surface area contributed by atoms with Crippen LogP contribution in [0.4, 0.5) is 0 Å². The van der Waals surface area contributed by atoms with Crippen molar-refractivity contribution in [3.63, 3.8) is 0 Å². The first-order valence-corrected chi connectivity index (χ1v) is 8.33. The molecule has 4 heteroatoms. The zero-order valence-electron chi connectivity index (χ0n) is 12.0. The van der Waals surface area contributed by atoms with Gasteiger partial charge in [-0.15, -0.1) is 11.8 Å². The monoisotopic (exact) mass is 290 g/mol. The van der Waals surface area contributed by atoms with E-state index in [2.05, 4.69) is 18.3 Å². The minimum Gasteiger partial charge on any atom is -0.492 e. The molecular formula is C16H22N2OS. The van der Waals surface area contributed by atoms with Crippen molar-refractivity contribution in [3.8, 4) is 11.8 Å². The Morgan fingerprint density at radius 2 is 2.40 bits per heavy atom. The molecule has 1 N–H and O–H groups in total. The minimum atomic E-state index is 0.682. The third-order valence-electron chi connectivity index (χ3n) is 3.58. The first-order valence-electron chi connectivity index (χ1n) is 7.34. The average molecular weight is 290 g/mol. The van der Waals surface area contributed by atoms with Crippen molar-refractivity contribution >= 4 is 11.8 Å². The van der Waals surface area contributed by atoms with E-state index in [9.17, 15) is 5.26 Å². The van der Waals surface area contributed by atoms with Gasteiger partial charge >= 0.3 is 0 Å². The van der Waals surface area contributed by atoms with Gasteiger partial charge in [0.1, 0.15) is 17.4 Å². The normalized spacial score (nSPS) is 18.5. The minimum absolute atomic E-state index is 0.682. The molecule has 0 aliphatic carbocycles. The Balaban J connectivity index is 1.91. The van der Waals surface area contributed by atoms with Crippen LogP contribution in [0.3, 0.4) is 0 Å². The summed E-state index contributed by atoms with van der Waals surface area (Å²) in [5, 5.41) is 12.7. The molecule has 0 saturated carbocycles. The van der Waals surface area contributed by atoms with E-state index in [1.807, 2.05) is 18.2 Å². The molecule has 0 bridgehead atoms. The van der Waals surface area contributed by atoms with Gasteiger partial charge in [-0.25, -0.2) is 0 Å². The fourth-order valence-electron chi connectivity index (χ4n) is 2.52. The lowest BCUT2D eigenvalue weighted by Crippen LogP contribution is -2.30. The summed E-state index contributed by atoms with van der Waals surface area (Å²) in [6.07, 6.45) is 3.60. The highest BCUT2D eigenvalue weighted by atomic mass is 32.2. The predicted octanol–water partition coefficient (Wildman–Crippen LogP) is 3.44. The number of nitriles is 1. The van der Waals surface area contributed by atoms with Gasteiger partial charge in [0.2, 0.25) is 0 Å². The van der Waals surface area contributed by atoms with Gasteiger partial charge in [0.25, 0.3) is 0 Å².